The third-order valence-corrected chi connectivity index (χ3v) is 2.91. The summed E-state index contributed by atoms with van der Waals surface area (Å²) in [6.07, 6.45) is 5.77. The molecule has 4 nitrogen and oxygen atoms in total. The van der Waals surface area contributed by atoms with Gasteiger partial charge in [-0.3, -0.25) is 0 Å². The van der Waals surface area contributed by atoms with Crippen LogP contribution >= 0.6 is 0 Å². The van der Waals surface area contributed by atoms with E-state index in [4.69, 9.17) is 9.47 Å². The highest BCUT2D eigenvalue weighted by molar-refractivity contribution is 5.52. The second-order valence-electron chi connectivity index (χ2n) is 4.89. The molecule has 100 valence electrons. The fourth-order valence-corrected chi connectivity index (χ4v) is 2.03. The molecular formula is C14H22N2O2. The second-order valence-corrected chi connectivity index (χ2v) is 4.89. The van der Waals surface area contributed by atoms with Gasteiger partial charge in [0.25, 0.3) is 0 Å². The van der Waals surface area contributed by atoms with Gasteiger partial charge in [-0.15, -0.1) is 0 Å². The monoisotopic (exact) mass is 250 g/mol. The molecule has 0 radical (unpaired) electrons. The first-order chi connectivity index (χ1) is 8.75. The van der Waals surface area contributed by atoms with Crippen LogP contribution in [-0.4, -0.2) is 30.3 Å². The van der Waals surface area contributed by atoms with Crippen molar-refractivity contribution in [1.82, 2.24) is 4.98 Å². The zero-order valence-corrected chi connectivity index (χ0v) is 11.2. The third-order valence-electron chi connectivity index (χ3n) is 2.91. The van der Waals surface area contributed by atoms with Gasteiger partial charge in [0.15, 0.2) is 0 Å². The summed E-state index contributed by atoms with van der Waals surface area (Å²) < 4.78 is 11.4. The number of hydrogen-bond donors (Lipinski definition) is 1. The van der Waals surface area contributed by atoms with E-state index in [1.807, 2.05) is 26.0 Å². The molecule has 18 heavy (non-hydrogen) atoms. The van der Waals surface area contributed by atoms with E-state index in [1.54, 1.807) is 6.20 Å². The average Bonchev–Trinajstić information content (AvgIpc) is 2.38. The van der Waals surface area contributed by atoms with Crippen molar-refractivity contribution in [2.24, 2.45) is 0 Å². The maximum atomic E-state index is 5.70. The van der Waals surface area contributed by atoms with Gasteiger partial charge in [-0.25, -0.2) is 4.98 Å². The van der Waals surface area contributed by atoms with Crippen LogP contribution in [-0.2, 0) is 4.74 Å². The molecule has 4 heteroatoms. The van der Waals surface area contributed by atoms with E-state index >= 15 is 0 Å². The Morgan fingerprint density at radius 1 is 1.50 bits per heavy atom. The summed E-state index contributed by atoms with van der Waals surface area (Å²) in [5.41, 5.74) is 0.945. The number of hydrogen-bond acceptors (Lipinski definition) is 4. The van der Waals surface area contributed by atoms with Gasteiger partial charge in [-0.05, 0) is 45.2 Å². The molecule has 0 aromatic carbocycles. The van der Waals surface area contributed by atoms with Crippen molar-refractivity contribution in [3.05, 3.63) is 18.3 Å². The lowest BCUT2D eigenvalue weighted by Gasteiger charge is -2.23. The van der Waals surface area contributed by atoms with Crippen molar-refractivity contribution in [3.63, 3.8) is 0 Å². The summed E-state index contributed by atoms with van der Waals surface area (Å²) >= 11 is 0. The first-order valence-electron chi connectivity index (χ1n) is 6.73. The number of rotatable bonds is 5. The molecule has 1 aromatic rings. The summed E-state index contributed by atoms with van der Waals surface area (Å²) in [6.45, 7) is 5.71. The SMILES string of the molecule is CC(C)Oc1ncccc1NCC1CCCCO1. The number of nitrogens with one attached hydrogen (secondary N) is 1. The first-order valence-corrected chi connectivity index (χ1v) is 6.73. The minimum atomic E-state index is 0.131. The molecule has 1 atom stereocenters. The highest BCUT2D eigenvalue weighted by atomic mass is 16.5. The summed E-state index contributed by atoms with van der Waals surface area (Å²) in [7, 11) is 0. The van der Waals surface area contributed by atoms with Crippen molar-refractivity contribution >= 4 is 5.69 Å². The Morgan fingerprint density at radius 2 is 2.39 bits per heavy atom. The van der Waals surface area contributed by atoms with Gasteiger partial charge in [0.1, 0.15) is 0 Å². The molecule has 1 aliphatic rings. The van der Waals surface area contributed by atoms with Gasteiger partial charge in [0.2, 0.25) is 5.88 Å². The molecule has 0 aliphatic carbocycles. The summed E-state index contributed by atoms with van der Waals surface area (Å²) in [5.74, 6) is 0.670. The van der Waals surface area contributed by atoms with Crippen molar-refractivity contribution in [2.45, 2.75) is 45.3 Å². The van der Waals surface area contributed by atoms with Gasteiger partial charge < -0.3 is 14.8 Å². The molecule has 0 bridgehead atoms. The van der Waals surface area contributed by atoms with Crippen LogP contribution in [0.4, 0.5) is 5.69 Å². The molecule has 1 N–H and O–H groups in total. The standard InChI is InChI=1S/C14H22N2O2/c1-11(2)18-14-13(7-5-8-15-14)16-10-12-6-3-4-9-17-12/h5,7-8,11-12,16H,3-4,6,9-10H2,1-2H3. The van der Waals surface area contributed by atoms with Crippen LogP contribution in [0.2, 0.25) is 0 Å². The minimum absolute atomic E-state index is 0.131. The smallest absolute Gasteiger partial charge is 0.237 e. The Labute approximate surface area is 109 Å². The number of pyridine rings is 1. The molecule has 1 unspecified atom stereocenters. The summed E-state index contributed by atoms with van der Waals surface area (Å²) in [6, 6.07) is 3.91. The summed E-state index contributed by atoms with van der Waals surface area (Å²) in [5, 5.41) is 3.38. The largest absolute Gasteiger partial charge is 0.473 e. The van der Waals surface area contributed by atoms with E-state index in [2.05, 4.69) is 10.3 Å². The lowest BCUT2D eigenvalue weighted by molar-refractivity contribution is 0.0247. The third kappa shape index (κ3) is 3.88. The number of nitrogens with zero attached hydrogens (tertiary/aromatic N) is 1. The molecule has 2 rings (SSSR count). The maximum Gasteiger partial charge on any atom is 0.237 e. The van der Waals surface area contributed by atoms with E-state index in [0.717, 1.165) is 25.3 Å². The molecule has 0 saturated carbocycles. The zero-order chi connectivity index (χ0) is 12.8. The average molecular weight is 250 g/mol. The zero-order valence-electron chi connectivity index (χ0n) is 11.2. The van der Waals surface area contributed by atoms with Crippen molar-refractivity contribution in [1.29, 1.82) is 0 Å². The van der Waals surface area contributed by atoms with Crippen LogP contribution in [0.5, 0.6) is 5.88 Å². The fraction of sp³-hybridized carbons (Fsp3) is 0.643. The Morgan fingerprint density at radius 3 is 3.11 bits per heavy atom. The highest BCUT2D eigenvalue weighted by Gasteiger charge is 2.14. The Bertz CT molecular complexity index is 363. The van der Waals surface area contributed by atoms with Crippen LogP contribution < -0.4 is 10.1 Å². The number of ether oxygens (including phenoxy) is 2. The molecule has 1 fully saturated rings. The maximum absolute atomic E-state index is 5.70. The minimum Gasteiger partial charge on any atom is -0.473 e. The van der Waals surface area contributed by atoms with Gasteiger partial charge in [-0.2, -0.15) is 0 Å². The van der Waals surface area contributed by atoms with E-state index in [0.29, 0.717) is 12.0 Å². The van der Waals surface area contributed by atoms with Crippen molar-refractivity contribution < 1.29 is 9.47 Å². The number of anilines is 1. The Kier molecular flexibility index (Phi) is 4.81. The lowest BCUT2D eigenvalue weighted by Crippen LogP contribution is -2.27. The molecule has 0 amide bonds. The van der Waals surface area contributed by atoms with Crippen molar-refractivity contribution in [3.8, 4) is 5.88 Å². The number of aromatic nitrogens is 1. The molecular weight excluding hydrogens is 228 g/mol. The molecule has 0 spiro atoms. The van der Waals surface area contributed by atoms with Gasteiger partial charge in [0, 0.05) is 19.3 Å². The van der Waals surface area contributed by atoms with Gasteiger partial charge in [-0.1, -0.05) is 0 Å². The van der Waals surface area contributed by atoms with Gasteiger partial charge >= 0.3 is 0 Å². The normalized spacial score (nSPS) is 19.8. The topological polar surface area (TPSA) is 43.4 Å². The van der Waals surface area contributed by atoms with E-state index in [-0.39, 0.29) is 6.10 Å². The predicted octanol–water partition coefficient (Wildman–Crippen LogP) is 2.85. The molecule has 1 saturated heterocycles. The molecule has 1 aromatic heterocycles. The van der Waals surface area contributed by atoms with E-state index in [9.17, 15) is 0 Å². The van der Waals surface area contributed by atoms with Crippen molar-refractivity contribution in [2.75, 3.05) is 18.5 Å². The first kappa shape index (κ1) is 13.1. The Hall–Kier alpha value is -1.29. The highest BCUT2D eigenvalue weighted by Crippen LogP contribution is 2.22. The molecule has 1 aliphatic heterocycles. The lowest BCUT2D eigenvalue weighted by atomic mass is 10.1. The van der Waals surface area contributed by atoms with Crippen LogP contribution in [0.1, 0.15) is 33.1 Å². The summed E-state index contributed by atoms with van der Waals surface area (Å²) in [4.78, 5) is 4.26. The van der Waals surface area contributed by atoms with Crippen LogP contribution in [0, 0.1) is 0 Å². The quantitative estimate of drug-likeness (QED) is 0.872. The fourth-order valence-electron chi connectivity index (χ4n) is 2.03. The van der Waals surface area contributed by atoms with Crippen LogP contribution in [0.15, 0.2) is 18.3 Å². The van der Waals surface area contributed by atoms with Crippen LogP contribution in [0.3, 0.4) is 0 Å². The van der Waals surface area contributed by atoms with Crippen LogP contribution in [0.25, 0.3) is 0 Å². The van der Waals surface area contributed by atoms with E-state index in [1.165, 1.54) is 12.8 Å². The van der Waals surface area contributed by atoms with E-state index < -0.39 is 0 Å². The predicted molar refractivity (Wildman–Crippen MR) is 72.1 cm³/mol. The second kappa shape index (κ2) is 6.59. The Balaban J connectivity index is 1.91. The molecule has 2 heterocycles. The van der Waals surface area contributed by atoms with Gasteiger partial charge in [0.05, 0.1) is 17.9 Å².